The largest absolute Gasteiger partial charge is 0.356 e. The monoisotopic (exact) mass is 296 g/mol. The average Bonchev–Trinajstić information content (AvgIpc) is 2.99. The number of aromatic nitrogens is 2. The molecule has 0 aliphatic carbocycles. The number of rotatable bonds is 6. The zero-order valence-corrected chi connectivity index (χ0v) is 13.5. The van der Waals surface area contributed by atoms with E-state index in [1.807, 2.05) is 0 Å². The van der Waals surface area contributed by atoms with Crippen molar-refractivity contribution in [3.8, 4) is 0 Å². The van der Waals surface area contributed by atoms with E-state index in [0.29, 0.717) is 0 Å². The summed E-state index contributed by atoms with van der Waals surface area (Å²) in [5, 5.41) is 0. The van der Waals surface area contributed by atoms with Gasteiger partial charge in [0.2, 0.25) is 0 Å². The van der Waals surface area contributed by atoms with Gasteiger partial charge in [-0.2, -0.15) is 0 Å². The lowest BCUT2D eigenvalue weighted by Gasteiger charge is -2.24. The summed E-state index contributed by atoms with van der Waals surface area (Å²) < 4.78 is 0. The number of fused-ring (bicyclic) bond motifs is 1. The van der Waals surface area contributed by atoms with Crippen LogP contribution in [0.5, 0.6) is 0 Å². The first-order chi connectivity index (χ1) is 10.8. The summed E-state index contributed by atoms with van der Waals surface area (Å²) in [4.78, 5) is 13.7. The Morgan fingerprint density at radius 2 is 1.86 bits per heavy atom. The molecule has 1 aliphatic heterocycles. The van der Waals surface area contributed by atoms with Crippen molar-refractivity contribution in [3.63, 3.8) is 0 Å². The van der Waals surface area contributed by atoms with Crippen LogP contribution in [0.3, 0.4) is 0 Å². The second-order valence-corrected chi connectivity index (χ2v) is 5.75. The van der Waals surface area contributed by atoms with Gasteiger partial charge in [0.1, 0.15) is 18.0 Å². The van der Waals surface area contributed by atoms with Crippen molar-refractivity contribution in [2.24, 2.45) is 0 Å². The molecule has 0 unspecified atom stereocenters. The van der Waals surface area contributed by atoms with Crippen LogP contribution in [0.15, 0.2) is 36.7 Å². The van der Waals surface area contributed by atoms with E-state index in [2.05, 4.69) is 63.9 Å². The van der Waals surface area contributed by atoms with Crippen molar-refractivity contribution in [1.29, 1.82) is 0 Å². The molecule has 0 saturated heterocycles. The number of benzene rings is 1. The molecule has 0 radical (unpaired) electrons. The van der Waals surface area contributed by atoms with Gasteiger partial charge in [0.25, 0.3) is 0 Å². The number of para-hydroxylation sites is 1. The molecule has 0 amide bonds. The van der Waals surface area contributed by atoms with Crippen molar-refractivity contribution >= 4 is 17.3 Å². The van der Waals surface area contributed by atoms with Crippen LogP contribution in [-0.2, 0) is 6.42 Å². The minimum atomic E-state index is 0.997. The number of anilines is 3. The van der Waals surface area contributed by atoms with Gasteiger partial charge in [-0.3, -0.25) is 0 Å². The Labute approximate surface area is 132 Å². The molecule has 0 saturated carbocycles. The van der Waals surface area contributed by atoms with Gasteiger partial charge in [-0.05, 0) is 30.9 Å². The Balaban J connectivity index is 1.88. The molecule has 0 N–H and O–H groups in total. The molecule has 1 aromatic carbocycles. The van der Waals surface area contributed by atoms with Crippen LogP contribution in [0.25, 0.3) is 0 Å². The Morgan fingerprint density at radius 1 is 1.09 bits per heavy atom. The van der Waals surface area contributed by atoms with Crippen molar-refractivity contribution in [2.75, 3.05) is 29.4 Å². The number of nitrogens with zero attached hydrogens (tertiary/aromatic N) is 4. The summed E-state index contributed by atoms with van der Waals surface area (Å²) in [6, 6.07) is 10.7. The Morgan fingerprint density at radius 3 is 2.64 bits per heavy atom. The predicted octanol–water partition coefficient (Wildman–Crippen LogP) is 3.80. The van der Waals surface area contributed by atoms with Gasteiger partial charge in [0, 0.05) is 31.4 Å². The minimum absolute atomic E-state index is 0.997. The van der Waals surface area contributed by atoms with Crippen molar-refractivity contribution in [2.45, 2.75) is 33.1 Å². The molecule has 0 bridgehead atoms. The highest BCUT2D eigenvalue weighted by Gasteiger charge is 2.21. The first-order valence-electron chi connectivity index (χ1n) is 8.26. The molecule has 22 heavy (non-hydrogen) atoms. The zero-order chi connectivity index (χ0) is 15.4. The lowest BCUT2D eigenvalue weighted by Crippen LogP contribution is -2.26. The molecule has 3 rings (SSSR count). The molecule has 4 nitrogen and oxygen atoms in total. The third-order valence-corrected chi connectivity index (χ3v) is 4.11. The Hall–Kier alpha value is -2.10. The molecule has 116 valence electrons. The van der Waals surface area contributed by atoms with Gasteiger partial charge in [-0.1, -0.05) is 32.0 Å². The van der Waals surface area contributed by atoms with Gasteiger partial charge in [-0.15, -0.1) is 0 Å². The molecule has 1 aromatic heterocycles. The van der Waals surface area contributed by atoms with Crippen LogP contribution in [0.1, 0.15) is 32.3 Å². The van der Waals surface area contributed by atoms with Crippen LogP contribution in [0.2, 0.25) is 0 Å². The van der Waals surface area contributed by atoms with Crippen molar-refractivity contribution < 1.29 is 0 Å². The van der Waals surface area contributed by atoms with Gasteiger partial charge in [0.05, 0.1) is 0 Å². The molecular weight excluding hydrogens is 272 g/mol. The van der Waals surface area contributed by atoms with Crippen LogP contribution < -0.4 is 9.80 Å². The Bertz CT molecular complexity index is 620. The third kappa shape index (κ3) is 2.91. The van der Waals surface area contributed by atoms with Gasteiger partial charge in [-0.25, -0.2) is 9.97 Å². The summed E-state index contributed by atoms with van der Waals surface area (Å²) in [7, 11) is 0. The maximum atomic E-state index is 4.51. The fourth-order valence-corrected chi connectivity index (χ4v) is 3.11. The van der Waals surface area contributed by atoms with Crippen LogP contribution in [0, 0.1) is 0 Å². The number of hydrogen-bond donors (Lipinski definition) is 0. The summed E-state index contributed by atoms with van der Waals surface area (Å²) in [6.07, 6.45) is 5.05. The van der Waals surface area contributed by atoms with E-state index < -0.39 is 0 Å². The quantitative estimate of drug-likeness (QED) is 0.811. The average molecular weight is 296 g/mol. The molecule has 0 atom stereocenters. The lowest BCUT2D eigenvalue weighted by atomic mass is 10.2. The molecule has 2 aromatic rings. The Kier molecular flexibility index (Phi) is 4.56. The first kappa shape index (κ1) is 14.8. The molecule has 0 fully saturated rings. The van der Waals surface area contributed by atoms with E-state index in [1.54, 1.807) is 6.33 Å². The van der Waals surface area contributed by atoms with Gasteiger partial charge in [0.15, 0.2) is 0 Å². The fourth-order valence-electron chi connectivity index (χ4n) is 3.11. The molecule has 2 heterocycles. The standard InChI is InChI=1S/C18H24N4/c1-3-10-21(11-4-2)17-13-18(20-14-19-17)22-12-9-15-7-5-6-8-16(15)22/h5-8,13-14H,3-4,9-12H2,1-2H3. The molecular formula is C18H24N4. The van der Waals surface area contributed by atoms with Crippen molar-refractivity contribution in [3.05, 3.63) is 42.2 Å². The van der Waals surface area contributed by atoms with Crippen molar-refractivity contribution in [1.82, 2.24) is 9.97 Å². The predicted molar refractivity (Wildman–Crippen MR) is 92.0 cm³/mol. The van der Waals surface area contributed by atoms with Crippen LogP contribution >= 0.6 is 0 Å². The number of hydrogen-bond acceptors (Lipinski definition) is 4. The normalized spacial score (nSPS) is 13.3. The highest BCUT2D eigenvalue weighted by atomic mass is 15.2. The van der Waals surface area contributed by atoms with E-state index >= 15 is 0 Å². The maximum absolute atomic E-state index is 4.51. The summed E-state index contributed by atoms with van der Waals surface area (Å²) in [5.41, 5.74) is 2.69. The second kappa shape index (κ2) is 6.77. The topological polar surface area (TPSA) is 32.3 Å². The molecule has 1 aliphatic rings. The lowest BCUT2D eigenvalue weighted by molar-refractivity contribution is 0.732. The molecule has 4 heteroatoms. The SMILES string of the molecule is CCCN(CCC)c1cc(N2CCc3ccccc32)ncn1. The van der Waals surface area contributed by atoms with E-state index in [4.69, 9.17) is 0 Å². The summed E-state index contributed by atoms with van der Waals surface area (Å²) >= 11 is 0. The van der Waals surface area contributed by atoms with Crippen LogP contribution in [0.4, 0.5) is 17.3 Å². The highest BCUT2D eigenvalue weighted by molar-refractivity contribution is 5.68. The third-order valence-electron chi connectivity index (χ3n) is 4.11. The van der Waals surface area contributed by atoms with E-state index in [-0.39, 0.29) is 0 Å². The highest BCUT2D eigenvalue weighted by Crippen LogP contribution is 2.33. The fraction of sp³-hybridized carbons (Fsp3) is 0.444. The zero-order valence-electron chi connectivity index (χ0n) is 13.5. The maximum Gasteiger partial charge on any atom is 0.138 e. The summed E-state index contributed by atoms with van der Waals surface area (Å²) in [6.45, 7) is 7.50. The minimum Gasteiger partial charge on any atom is -0.356 e. The van der Waals surface area contributed by atoms with Crippen LogP contribution in [-0.4, -0.2) is 29.6 Å². The smallest absolute Gasteiger partial charge is 0.138 e. The summed E-state index contributed by atoms with van der Waals surface area (Å²) in [5.74, 6) is 2.05. The second-order valence-electron chi connectivity index (χ2n) is 5.75. The van der Waals surface area contributed by atoms with E-state index in [9.17, 15) is 0 Å². The van der Waals surface area contributed by atoms with Gasteiger partial charge < -0.3 is 9.80 Å². The van der Waals surface area contributed by atoms with E-state index in [1.165, 1.54) is 11.3 Å². The van der Waals surface area contributed by atoms with Gasteiger partial charge >= 0.3 is 0 Å². The first-order valence-corrected chi connectivity index (χ1v) is 8.26. The van der Waals surface area contributed by atoms with E-state index in [0.717, 1.165) is 50.5 Å². The molecule has 0 spiro atoms.